The van der Waals surface area contributed by atoms with Gasteiger partial charge in [-0.25, -0.2) is 4.79 Å². The lowest BCUT2D eigenvalue weighted by Gasteiger charge is -2.25. The Labute approximate surface area is 539 Å². The summed E-state index contributed by atoms with van der Waals surface area (Å²) in [4.78, 5) is 37.6. The van der Waals surface area contributed by atoms with Crippen LogP contribution >= 0.6 is 0 Å². The van der Waals surface area contributed by atoms with Gasteiger partial charge in [-0.15, -0.1) is 0 Å². The summed E-state index contributed by atoms with van der Waals surface area (Å²) in [7, 11) is 5.99. The summed E-state index contributed by atoms with van der Waals surface area (Å²) in [5.41, 5.74) is 0. The second-order valence-electron chi connectivity index (χ2n) is 26.6. The molecular formula is C78H144NO8+. The van der Waals surface area contributed by atoms with Gasteiger partial charge in [-0.1, -0.05) is 331 Å². The van der Waals surface area contributed by atoms with Crippen LogP contribution in [0.1, 0.15) is 361 Å². The third-order valence-electron chi connectivity index (χ3n) is 16.8. The summed E-state index contributed by atoms with van der Waals surface area (Å²) < 4.78 is 23.0. The number of allylic oxidation sites excluding steroid dienone is 10. The minimum Gasteiger partial charge on any atom is -0.477 e. The Morgan fingerprint density at radius 2 is 0.655 bits per heavy atom. The molecule has 9 heteroatoms. The van der Waals surface area contributed by atoms with E-state index in [1.807, 2.05) is 21.1 Å². The first kappa shape index (κ1) is 84.0. The number of quaternary nitrogens is 1. The van der Waals surface area contributed by atoms with E-state index in [1.54, 1.807) is 0 Å². The molecule has 0 aromatic heterocycles. The van der Waals surface area contributed by atoms with Crippen LogP contribution in [0.2, 0.25) is 0 Å². The molecule has 0 aliphatic heterocycles. The van der Waals surface area contributed by atoms with Crippen LogP contribution in [-0.2, 0) is 33.3 Å². The third-order valence-corrected chi connectivity index (χ3v) is 16.8. The molecule has 0 saturated carbocycles. The van der Waals surface area contributed by atoms with Gasteiger partial charge in [-0.3, -0.25) is 9.59 Å². The second-order valence-corrected chi connectivity index (χ2v) is 26.6. The van der Waals surface area contributed by atoms with Gasteiger partial charge in [0.25, 0.3) is 6.29 Å². The first-order valence-electron chi connectivity index (χ1n) is 37.5. The monoisotopic (exact) mass is 1220 g/mol. The maximum absolute atomic E-state index is 13.0. The van der Waals surface area contributed by atoms with Crippen molar-refractivity contribution in [1.29, 1.82) is 0 Å². The van der Waals surface area contributed by atoms with Crippen LogP contribution in [0, 0.1) is 0 Å². The summed E-state index contributed by atoms with van der Waals surface area (Å²) in [5.74, 6) is -1.98. The Bertz CT molecular complexity index is 1610. The zero-order chi connectivity index (χ0) is 63.3. The van der Waals surface area contributed by atoms with Crippen LogP contribution in [0.5, 0.6) is 0 Å². The van der Waals surface area contributed by atoms with Crippen LogP contribution in [0.15, 0.2) is 60.8 Å². The van der Waals surface area contributed by atoms with Gasteiger partial charge in [0.1, 0.15) is 13.2 Å². The zero-order valence-corrected chi connectivity index (χ0v) is 58.2. The molecule has 0 aliphatic carbocycles. The molecule has 0 aromatic rings. The average molecular weight is 1220 g/mol. The van der Waals surface area contributed by atoms with Crippen molar-refractivity contribution in [3.8, 4) is 0 Å². The number of hydrogen-bond donors (Lipinski definition) is 1. The fraction of sp³-hybridized carbons (Fsp3) is 0.833. The number of aliphatic carboxylic acids is 1. The molecule has 0 aromatic carbocycles. The number of carboxylic acid groups (broad SMARTS) is 1. The number of carbonyl (C=O) groups is 3. The summed E-state index contributed by atoms with van der Waals surface area (Å²) in [5, 5.41) is 9.75. The molecule has 0 aliphatic rings. The van der Waals surface area contributed by atoms with Crippen LogP contribution in [0.3, 0.4) is 0 Å². The highest BCUT2D eigenvalue weighted by Crippen LogP contribution is 2.19. The van der Waals surface area contributed by atoms with Crippen LogP contribution in [0.4, 0.5) is 0 Å². The molecule has 0 saturated heterocycles. The first-order chi connectivity index (χ1) is 42.6. The highest BCUT2D eigenvalue weighted by Gasteiger charge is 2.25. The maximum atomic E-state index is 13.0. The molecule has 2 unspecified atom stereocenters. The molecule has 0 rings (SSSR count). The Hall–Kier alpha value is -3.01. The number of carbonyl (C=O) groups excluding carboxylic acids is 2. The van der Waals surface area contributed by atoms with Crippen molar-refractivity contribution in [3.05, 3.63) is 60.8 Å². The fourth-order valence-corrected chi connectivity index (χ4v) is 11.1. The quantitative estimate of drug-likeness (QED) is 0.0211. The van der Waals surface area contributed by atoms with Crippen molar-refractivity contribution >= 4 is 17.9 Å². The second kappa shape index (κ2) is 68.9. The zero-order valence-electron chi connectivity index (χ0n) is 58.2. The predicted molar refractivity (Wildman–Crippen MR) is 373 cm³/mol. The standard InChI is InChI=1S/C78H143NO8/c1-6-8-10-12-14-16-18-20-22-24-26-28-29-30-31-32-33-34-35-36-37-38-39-40-41-42-43-44-45-46-47-49-51-53-55-57-59-61-63-65-67-69-76(81)87-74(73-86-78(77(82)83)84-71-70-79(3,4)5)72-85-75(80)68-66-64-62-60-58-56-54-52-50-48-27-25-23-21-19-17-15-13-11-9-7-2/h8,10,14,16,20,22,25-28,74,78H,6-7,9,11-13,15,17-19,21,23-24,29-73H2,1-5H3/p+1/b10-8-,16-14-,22-20-,27-25-,28-26-. The van der Waals surface area contributed by atoms with E-state index < -0.39 is 18.4 Å². The number of hydrogen-bond acceptors (Lipinski definition) is 7. The summed E-state index contributed by atoms with van der Waals surface area (Å²) in [6, 6.07) is 0. The molecule has 0 bridgehead atoms. The summed E-state index contributed by atoms with van der Waals surface area (Å²) in [6.07, 6.45) is 88.0. The van der Waals surface area contributed by atoms with Gasteiger partial charge in [0.05, 0.1) is 34.4 Å². The minimum absolute atomic E-state index is 0.179. The van der Waals surface area contributed by atoms with Crippen molar-refractivity contribution < 1.29 is 42.9 Å². The van der Waals surface area contributed by atoms with E-state index in [4.69, 9.17) is 18.9 Å². The number of nitrogens with zero attached hydrogens (tertiary/aromatic N) is 1. The fourth-order valence-electron chi connectivity index (χ4n) is 11.1. The number of unbranched alkanes of at least 4 members (excludes halogenated alkanes) is 45. The summed E-state index contributed by atoms with van der Waals surface area (Å²) in [6.45, 7) is 4.82. The molecule has 0 fully saturated rings. The SMILES string of the molecule is CC/C=C\C/C=C\C/C=C\C/C=C\CCCCCCCCCCCCCCCCCCCCCCCCCCCCCCC(=O)OC(COC(=O)CCCCCCCCCCC/C=C\CCCCCCCCCC)COC(OCC[N+](C)(C)C)C(=O)O. The van der Waals surface area contributed by atoms with E-state index >= 15 is 0 Å². The lowest BCUT2D eigenvalue weighted by Crippen LogP contribution is -2.40. The number of likely N-dealkylation sites (N-methyl/N-ethyl adjacent to an activating group) is 1. The van der Waals surface area contributed by atoms with Gasteiger partial charge in [0.2, 0.25) is 0 Å². The van der Waals surface area contributed by atoms with Gasteiger partial charge < -0.3 is 28.5 Å². The molecular weight excluding hydrogens is 1080 g/mol. The molecule has 0 spiro atoms. The molecule has 87 heavy (non-hydrogen) atoms. The molecule has 2 atom stereocenters. The lowest BCUT2D eigenvalue weighted by atomic mass is 10.0. The van der Waals surface area contributed by atoms with E-state index in [1.165, 1.54) is 270 Å². The van der Waals surface area contributed by atoms with Crippen molar-refractivity contribution in [2.75, 3.05) is 47.5 Å². The van der Waals surface area contributed by atoms with E-state index in [9.17, 15) is 19.5 Å². The molecule has 0 heterocycles. The number of carboxylic acids is 1. The smallest absolute Gasteiger partial charge is 0.361 e. The van der Waals surface area contributed by atoms with Gasteiger partial charge in [-0.05, 0) is 77.0 Å². The maximum Gasteiger partial charge on any atom is 0.361 e. The Balaban J connectivity index is 3.94. The Kier molecular flexibility index (Phi) is 66.5. The number of ether oxygens (including phenoxy) is 4. The van der Waals surface area contributed by atoms with Crippen molar-refractivity contribution in [1.82, 2.24) is 0 Å². The number of esters is 2. The molecule has 508 valence electrons. The van der Waals surface area contributed by atoms with Gasteiger partial charge in [0, 0.05) is 12.8 Å². The van der Waals surface area contributed by atoms with Gasteiger partial charge in [-0.2, -0.15) is 0 Å². The van der Waals surface area contributed by atoms with Crippen LogP contribution in [0.25, 0.3) is 0 Å². The largest absolute Gasteiger partial charge is 0.477 e. The highest BCUT2D eigenvalue weighted by atomic mass is 16.7. The Morgan fingerprint density at radius 3 is 0.989 bits per heavy atom. The highest BCUT2D eigenvalue weighted by molar-refractivity contribution is 5.71. The van der Waals surface area contributed by atoms with E-state index in [0.29, 0.717) is 17.4 Å². The van der Waals surface area contributed by atoms with Crippen molar-refractivity contribution in [2.45, 2.75) is 373 Å². The minimum atomic E-state index is -1.51. The predicted octanol–water partition coefficient (Wildman–Crippen LogP) is 23.5. The van der Waals surface area contributed by atoms with Gasteiger partial charge in [0.15, 0.2) is 6.10 Å². The lowest BCUT2D eigenvalue weighted by molar-refractivity contribution is -0.870. The van der Waals surface area contributed by atoms with E-state index in [0.717, 1.165) is 64.2 Å². The van der Waals surface area contributed by atoms with Crippen molar-refractivity contribution in [3.63, 3.8) is 0 Å². The van der Waals surface area contributed by atoms with E-state index in [-0.39, 0.29) is 38.2 Å². The van der Waals surface area contributed by atoms with Gasteiger partial charge >= 0.3 is 17.9 Å². The van der Waals surface area contributed by atoms with Crippen molar-refractivity contribution in [2.24, 2.45) is 0 Å². The topological polar surface area (TPSA) is 108 Å². The molecule has 1 N–H and O–H groups in total. The van der Waals surface area contributed by atoms with Crippen LogP contribution < -0.4 is 0 Å². The molecule has 0 radical (unpaired) electrons. The van der Waals surface area contributed by atoms with E-state index in [2.05, 4.69) is 74.6 Å². The third kappa shape index (κ3) is 70.3. The summed E-state index contributed by atoms with van der Waals surface area (Å²) >= 11 is 0. The normalized spacial score (nSPS) is 13.0. The first-order valence-corrected chi connectivity index (χ1v) is 37.5. The number of rotatable bonds is 70. The molecule has 0 amide bonds. The average Bonchev–Trinajstić information content (AvgIpc) is 3.59. The van der Waals surface area contributed by atoms with Crippen LogP contribution in [-0.4, -0.2) is 87.4 Å². The molecule has 9 nitrogen and oxygen atoms in total. The Morgan fingerprint density at radius 1 is 0.356 bits per heavy atom.